The Bertz CT molecular complexity index is 1230. The van der Waals surface area contributed by atoms with Gasteiger partial charge in [-0.2, -0.15) is 0 Å². The molecule has 0 aliphatic carbocycles. The number of nitrogens with zero attached hydrogens (tertiary/aromatic N) is 2. The largest absolute Gasteiger partial charge is 0.325 e. The molecule has 0 saturated carbocycles. The predicted molar refractivity (Wildman–Crippen MR) is 115 cm³/mol. The molecule has 0 amide bonds. The van der Waals surface area contributed by atoms with Gasteiger partial charge in [0.25, 0.3) is 0 Å². The molecule has 0 unspecified atom stereocenters. The summed E-state index contributed by atoms with van der Waals surface area (Å²) in [6.45, 7) is 0. The lowest BCUT2D eigenvalue weighted by Gasteiger charge is -2.27. The number of aromatic nitrogens is 2. The first-order valence-electron chi connectivity index (χ1n) is 8.77. The molecule has 2 heterocycles. The zero-order chi connectivity index (χ0) is 19.3. The highest BCUT2D eigenvalue weighted by Crippen LogP contribution is 2.40. The van der Waals surface area contributed by atoms with Crippen LogP contribution in [0.2, 0.25) is 5.02 Å². The minimum Gasteiger partial charge on any atom is -0.325 e. The van der Waals surface area contributed by atoms with Gasteiger partial charge in [0.1, 0.15) is 5.82 Å². The Balaban J connectivity index is 1.78. The molecule has 1 N–H and O–H groups in total. The second-order valence-corrected chi connectivity index (χ2v) is 7.91. The zero-order valence-corrected chi connectivity index (χ0v) is 16.9. The fourth-order valence-corrected chi connectivity index (χ4v) is 4.31. The Morgan fingerprint density at radius 1 is 1.04 bits per heavy atom. The predicted octanol–water partition coefficient (Wildman–Crippen LogP) is 6.65. The van der Waals surface area contributed by atoms with Gasteiger partial charge in [-0.05, 0) is 48.0 Å². The maximum atomic E-state index is 14.9. The van der Waals surface area contributed by atoms with Crippen molar-refractivity contribution in [3.63, 3.8) is 0 Å². The Morgan fingerprint density at radius 3 is 2.68 bits per heavy atom. The molecule has 0 fully saturated rings. The normalized spacial score (nSPS) is 15.8. The van der Waals surface area contributed by atoms with Crippen LogP contribution < -0.4 is 5.32 Å². The molecule has 138 valence electrons. The third-order valence-electron chi connectivity index (χ3n) is 4.88. The van der Waals surface area contributed by atoms with Crippen LogP contribution in [-0.4, -0.2) is 9.55 Å². The van der Waals surface area contributed by atoms with E-state index in [2.05, 4.69) is 21.2 Å². The molecule has 5 rings (SSSR count). The maximum absolute atomic E-state index is 14.9. The average molecular weight is 455 g/mol. The van der Waals surface area contributed by atoms with Gasteiger partial charge in [0, 0.05) is 20.8 Å². The van der Waals surface area contributed by atoms with E-state index in [1.54, 1.807) is 12.1 Å². The van der Waals surface area contributed by atoms with Gasteiger partial charge in [-0.1, -0.05) is 57.9 Å². The van der Waals surface area contributed by atoms with Gasteiger partial charge >= 0.3 is 0 Å². The molecule has 28 heavy (non-hydrogen) atoms. The first-order chi connectivity index (χ1) is 13.6. The van der Waals surface area contributed by atoms with Crippen LogP contribution >= 0.6 is 27.5 Å². The Hall–Kier alpha value is -2.63. The van der Waals surface area contributed by atoms with Crippen LogP contribution in [0.3, 0.4) is 0 Å². The lowest BCUT2D eigenvalue weighted by atomic mass is 10.0. The number of halogens is 3. The topological polar surface area (TPSA) is 29.9 Å². The van der Waals surface area contributed by atoms with Crippen molar-refractivity contribution in [2.45, 2.75) is 6.04 Å². The summed E-state index contributed by atoms with van der Waals surface area (Å²) in [6.07, 6.45) is 1.99. The highest BCUT2D eigenvalue weighted by Gasteiger charge is 2.28. The van der Waals surface area contributed by atoms with Crippen molar-refractivity contribution in [3.05, 3.63) is 99.2 Å². The molecule has 1 aliphatic rings. The van der Waals surface area contributed by atoms with E-state index in [4.69, 9.17) is 16.6 Å². The van der Waals surface area contributed by atoms with E-state index in [0.29, 0.717) is 16.5 Å². The van der Waals surface area contributed by atoms with Crippen LogP contribution in [0.15, 0.2) is 77.3 Å². The van der Waals surface area contributed by atoms with E-state index in [1.165, 1.54) is 6.07 Å². The summed E-state index contributed by atoms with van der Waals surface area (Å²) in [7, 11) is 0. The molecule has 1 aromatic heterocycles. The molecule has 6 heteroatoms. The first-order valence-corrected chi connectivity index (χ1v) is 9.94. The minimum atomic E-state index is -0.425. The van der Waals surface area contributed by atoms with E-state index < -0.39 is 6.04 Å². The number of allylic oxidation sites excluding steroid dienone is 1. The van der Waals surface area contributed by atoms with E-state index in [1.807, 2.05) is 59.2 Å². The van der Waals surface area contributed by atoms with Crippen molar-refractivity contribution in [2.75, 3.05) is 5.32 Å². The fourth-order valence-electron chi connectivity index (χ4n) is 3.64. The van der Waals surface area contributed by atoms with Crippen molar-refractivity contribution in [1.29, 1.82) is 0 Å². The first kappa shape index (κ1) is 17.5. The molecule has 1 aliphatic heterocycles. The number of hydrogen-bond acceptors (Lipinski definition) is 2. The van der Waals surface area contributed by atoms with Crippen LogP contribution in [0.25, 0.3) is 16.7 Å². The zero-order valence-electron chi connectivity index (χ0n) is 14.5. The average Bonchev–Trinajstić information content (AvgIpc) is 3.06. The Kier molecular flexibility index (Phi) is 4.22. The molecule has 3 aromatic carbocycles. The number of nitrogens with one attached hydrogen (secondary N) is 1. The summed E-state index contributed by atoms with van der Waals surface area (Å²) in [5, 5.41) is 3.78. The van der Waals surface area contributed by atoms with Gasteiger partial charge in [-0.15, -0.1) is 0 Å². The Morgan fingerprint density at radius 2 is 1.86 bits per heavy atom. The molecule has 0 radical (unpaired) electrons. The number of rotatable bonds is 2. The lowest BCUT2D eigenvalue weighted by molar-refractivity contribution is 0.584. The third-order valence-corrected chi connectivity index (χ3v) is 5.70. The third kappa shape index (κ3) is 2.82. The molecular weight excluding hydrogens is 441 g/mol. The molecule has 0 saturated heterocycles. The fraction of sp³-hybridized carbons (Fsp3) is 0.0455. The van der Waals surface area contributed by atoms with E-state index in [0.717, 1.165) is 26.8 Å². The second-order valence-electron chi connectivity index (χ2n) is 6.59. The van der Waals surface area contributed by atoms with Gasteiger partial charge in [0.2, 0.25) is 5.95 Å². The molecule has 1 atom stereocenters. The summed E-state index contributed by atoms with van der Waals surface area (Å²) in [5.41, 5.74) is 4.02. The highest BCUT2D eigenvalue weighted by molar-refractivity contribution is 9.10. The van der Waals surface area contributed by atoms with Crippen LogP contribution in [0.4, 0.5) is 10.3 Å². The maximum Gasteiger partial charge on any atom is 0.209 e. The van der Waals surface area contributed by atoms with E-state index >= 15 is 0 Å². The van der Waals surface area contributed by atoms with E-state index in [-0.39, 0.29) is 5.82 Å². The number of benzene rings is 3. The SMILES string of the molecule is Fc1cccc(Cl)c1[C@@H]1C=C(c2cccc(Br)c2)Nc2nc3ccccc3n21. The van der Waals surface area contributed by atoms with Crippen molar-refractivity contribution >= 4 is 50.2 Å². The minimum absolute atomic E-state index is 0.340. The molecular formula is C22H14BrClFN3. The molecule has 0 bridgehead atoms. The van der Waals surface area contributed by atoms with Gasteiger partial charge in [-0.3, -0.25) is 4.57 Å². The number of fused-ring (bicyclic) bond motifs is 3. The standard InChI is InChI=1S/C22H14BrClFN3/c23-14-6-3-5-13(11-14)18-12-20(21-15(24)7-4-8-16(21)25)28-19-10-2-1-9-17(19)26-22(28)27-18/h1-12,20H,(H,26,27)/t20-/m0/s1. The number of anilines is 1. The summed E-state index contributed by atoms with van der Waals surface area (Å²) < 4.78 is 17.8. The summed E-state index contributed by atoms with van der Waals surface area (Å²) in [6, 6.07) is 20.1. The number of imidazole rings is 1. The second kappa shape index (κ2) is 6.76. The van der Waals surface area contributed by atoms with E-state index in [9.17, 15) is 4.39 Å². The van der Waals surface area contributed by atoms with Crippen LogP contribution in [0.5, 0.6) is 0 Å². The molecule has 4 aromatic rings. The van der Waals surface area contributed by atoms with Crippen molar-refractivity contribution in [3.8, 4) is 0 Å². The monoisotopic (exact) mass is 453 g/mol. The van der Waals surface area contributed by atoms with Crippen LogP contribution in [0.1, 0.15) is 17.2 Å². The van der Waals surface area contributed by atoms with Crippen molar-refractivity contribution in [2.24, 2.45) is 0 Å². The van der Waals surface area contributed by atoms with Crippen molar-refractivity contribution in [1.82, 2.24) is 9.55 Å². The number of para-hydroxylation sites is 2. The summed E-state index contributed by atoms with van der Waals surface area (Å²) in [5.74, 6) is 0.316. The highest BCUT2D eigenvalue weighted by atomic mass is 79.9. The summed E-state index contributed by atoms with van der Waals surface area (Å²) >= 11 is 9.95. The lowest BCUT2D eigenvalue weighted by Crippen LogP contribution is -2.20. The molecule has 0 spiro atoms. The quantitative estimate of drug-likeness (QED) is 0.367. The summed E-state index contributed by atoms with van der Waals surface area (Å²) in [4.78, 5) is 4.72. The van der Waals surface area contributed by atoms with Crippen LogP contribution in [-0.2, 0) is 0 Å². The van der Waals surface area contributed by atoms with Crippen molar-refractivity contribution < 1.29 is 4.39 Å². The van der Waals surface area contributed by atoms with Crippen LogP contribution in [0, 0.1) is 5.82 Å². The Labute approximate surface area is 174 Å². The smallest absolute Gasteiger partial charge is 0.209 e. The number of hydrogen-bond donors (Lipinski definition) is 1. The van der Waals surface area contributed by atoms with Gasteiger partial charge < -0.3 is 5.32 Å². The van der Waals surface area contributed by atoms with Gasteiger partial charge in [0.05, 0.1) is 17.1 Å². The van der Waals surface area contributed by atoms with Gasteiger partial charge in [0.15, 0.2) is 0 Å². The van der Waals surface area contributed by atoms with Gasteiger partial charge in [-0.25, -0.2) is 9.37 Å². The molecule has 3 nitrogen and oxygen atoms in total.